The van der Waals surface area contributed by atoms with Crippen LogP contribution in [0.15, 0.2) is 4.79 Å². The maximum atomic E-state index is 12.6. The van der Waals surface area contributed by atoms with Gasteiger partial charge in [0, 0.05) is 32.3 Å². The fourth-order valence-corrected chi connectivity index (χ4v) is 4.32. The molecule has 142 valence electrons. The van der Waals surface area contributed by atoms with Crippen molar-refractivity contribution in [2.24, 2.45) is 18.9 Å². The molecule has 3 rings (SSSR count). The van der Waals surface area contributed by atoms with E-state index in [1.54, 1.807) is 11.7 Å². The van der Waals surface area contributed by atoms with Crippen molar-refractivity contribution in [2.75, 3.05) is 13.1 Å². The molecule has 0 spiro atoms. The van der Waals surface area contributed by atoms with E-state index in [0.29, 0.717) is 35.7 Å². The summed E-state index contributed by atoms with van der Waals surface area (Å²) in [5.41, 5.74) is 3.44. The third-order valence-electron chi connectivity index (χ3n) is 5.61. The number of aryl methyl sites for hydroxylation is 3. The zero-order valence-electron chi connectivity index (χ0n) is 16.6. The number of likely N-dealkylation sites (tertiary alicyclic amines) is 1. The third kappa shape index (κ3) is 3.55. The monoisotopic (exact) mass is 358 g/mol. The number of hydrogen-bond donors (Lipinski definition) is 1. The number of H-pyrrole nitrogens is 1. The van der Waals surface area contributed by atoms with Crippen molar-refractivity contribution in [1.82, 2.24) is 19.7 Å². The van der Waals surface area contributed by atoms with Crippen molar-refractivity contribution in [3.63, 3.8) is 0 Å². The first kappa shape index (κ1) is 18.7. The number of hydrogen-bond acceptors (Lipinski definition) is 3. The van der Waals surface area contributed by atoms with Crippen molar-refractivity contribution in [3.8, 4) is 0 Å². The number of rotatable bonds is 5. The molecule has 1 fully saturated rings. The molecule has 0 saturated carbocycles. The first-order chi connectivity index (χ1) is 12.3. The van der Waals surface area contributed by atoms with Crippen LogP contribution in [0.2, 0.25) is 0 Å². The van der Waals surface area contributed by atoms with Crippen LogP contribution in [-0.2, 0) is 18.3 Å². The molecule has 0 radical (unpaired) electrons. The lowest BCUT2D eigenvalue weighted by atomic mass is 9.97. The third-order valence-corrected chi connectivity index (χ3v) is 5.61. The van der Waals surface area contributed by atoms with E-state index in [2.05, 4.69) is 23.9 Å². The smallest absolute Gasteiger partial charge is 0.273 e. The summed E-state index contributed by atoms with van der Waals surface area (Å²) in [5.74, 6) is 1.54. The Hall–Kier alpha value is -2.11. The molecular weight excluding hydrogens is 328 g/mol. The van der Waals surface area contributed by atoms with E-state index in [9.17, 15) is 9.59 Å². The Morgan fingerprint density at radius 3 is 2.77 bits per heavy atom. The van der Waals surface area contributed by atoms with Gasteiger partial charge in [0.25, 0.3) is 5.56 Å². The van der Waals surface area contributed by atoms with Crippen LogP contribution in [0.1, 0.15) is 49.9 Å². The maximum Gasteiger partial charge on any atom is 0.273 e. The van der Waals surface area contributed by atoms with Crippen molar-refractivity contribution in [3.05, 3.63) is 27.2 Å². The van der Waals surface area contributed by atoms with Crippen LogP contribution in [0.3, 0.4) is 0 Å². The molecule has 0 bridgehead atoms. The van der Waals surface area contributed by atoms with Crippen molar-refractivity contribution >= 4 is 16.9 Å². The van der Waals surface area contributed by atoms with E-state index in [1.165, 1.54) is 6.42 Å². The second-order valence-electron chi connectivity index (χ2n) is 8.12. The van der Waals surface area contributed by atoms with Gasteiger partial charge >= 0.3 is 0 Å². The number of carbonyl (C=O) groups is 1. The molecule has 1 unspecified atom stereocenters. The maximum absolute atomic E-state index is 12.6. The van der Waals surface area contributed by atoms with E-state index >= 15 is 0 Å². The van der Waals surface area contributed by atoms with Crippen LogP contribution in [0.5, 0.6) is 0 Å². The SMILES string of the molecule is Cc1nc2c(c(C)c1CCC(=O)N1CCC(CC(C)C)C1)c(=O)[nH]n2C. The summed E-state index contributed by atoms with van der Waals surface area (Å²) >= 11 is 0. The van der Waals surface area contributed by atoms with Gasteiger partial charge < -0.3 is 4.90 Å². The molecule has 0 aromatic carbocycles. The van der Waals surface area contributed by atoms with Crippen LogP contribution in [0.4, 0.5) is 0 Å². The molecule has 3 heterocycles. The van der Waals surface area contributed by atoms with E-state index in [4.69, 9.17) is 0 Å². The van der Waals surface area contributed by atoms with Gasteiger partial charge in [-0.2, -0.15) is 0 Å². The summed E-state index contributed by atoms with van der Waals surface area (Å²) in [6, 6.07) is 0. The van der Waals surface area contributed by atoms with Crippen molar-refractivity contribution in [1.29, 1.82) is 0 Å². The number of pyridine rings is 1. The zero-order chi connectivity index (χ0) is 19.0. The fraction of sp³-hybridized carbons (Fsp3) is 0.650. The summed E-state index contributed by atoms with van der Waals surface area (Å²) in [7, 11) is 1.79. The Bertz CT molecular complexity index is 878. The molecular formula is C20H30N4O2. The van der Waals surface area contributed by atoms with Crippen molar-refractivity contribution in [2.45, 2.75) is 53.4 Å². The van der Waals surface area contributed by atoms with Crippen LogP contribution >= 0.6 is 0 Å². The van der Waals surface area contributed by atoms with Crippen LogP contribution in [-0.4, -0.2) is 38.7 Å². The molecule has 6 heteroatoms. The number of amides is 1. The molecule has 2 aromatic rings. The molecule has 1 atom stereocenters. The highest BCUT2D eigenvalue weighted by Gasteiger charge is 2.26. The minimum atomic E-state index is -0.115. The molecule has 1 aliphatic rings. The first-order valence-corrected chi connectivity index (χ1v) is 9.60. The standard InChI is InChI=1S/C20H30N4O2/c1-12(2)10-15-8-9-24(11-15)17(25)7-6-16-13(3)18-19(21-14(16)4)23(5)22-20(18)26/h12,15H,6-11H2,1-5H3,(H,22,26). The van der Waals surface area contributed by atoms with Gasteiger partial charge in [0.2, 0.25) is 5.91 Å². The summed E-state index contributed by atoms with van der Waals surface area (Å²) in [5, 5.41) is 3.40. The number of nitrogens with one attached hydrogen (secondary N) is 1. The first-order valence-electron chi connectivity index (χ1n) is 9.60. The largest absolute Gasteiger partial charge is 0.342 e. The zero-order valence-corrected chi connectivity index (χ0v) is 16.6. The highest BCUT2D eigenvalue weighted by atomic mass is 16.2. The normalized spacial score (nSPS) is 17.6. The van der Waals surface area contributed by atoms with Gasteiger partial charge in [-0.25, -0.2) is 4.98 Å². The van der Waals surface area contributed by atoms with Crippen molar-refractivity contribution < 1.29 is 4.79 Å². The molecule has 6 nitrogen and oxygen atoms in total. The van der Waals surface area contributed by atoms with E-state index < -0.39 is 0 Å². The molecule has 0 aliphatic carbocycles. The number of fused-ring (bicyclic) bond motifs is 1. The average Bonchev–Trinajstić information content (AvgIpc) is 3.11. The fourth-order valence-electron chi connectivity index (χ4n) is 4.32. The Morgan fingerprint density at radius 2 is 2.08 bits per heavy atom. The number of aromatic nitrogens is 3. The Kier molecular flexibility index (Phi) is 5.21. The van der Waals surface area contributed by atoms with Gasteiger partial charge in [-0.05, 0) is 56.1 Å². The summed E-state index contributed by atoms with van der Waals surface area (Å²) in [6.45, 7) is 10.2. The predicted molar refractivity (Wildman–Crippen MR) is 103 cm³/mol. The number of carbonyl (C=O) groups excluding carboxylic acids is 1. The lowest BCUT2D eigenvalue weighted by molar-refractivity contribution is -0.130. The molecule has 26 heavy (non-hydrogen) atoms. The van der Waals surface area contributed by atoms with Gasteiger partial charge in [-0.15, -0.1) is 0 Å². The molecule has 1 aliphatic heterocycles. The summed E-state index contributed by atoms with van der Waals surface area (Å²) in [4.78, 5) is 31.4. The molecule has 1 amide bonds. The van der Waals surface area contributed by atoms with Gasteiger partial charge in [0.05, 0.1) is 5.39 Å². The minimum Gasteiger partial charge on any atom is -0.342 e. The number of nitrogens with zero attached hydrogens (tertiary/aromatic N) is 3. The van der Waals surface area contributed by atoms with E-state index in [1.807, 2.05) is 18.7 Å². The number of aromatic amines is 1. The molecule has 1 saturated heterocycles. The molecule has 2 aromatic heterocycles. The van der Waals surface area contributed by atoms with Crippen LogP contribution < -0.4 is 5.56 Å². The lowest BCUT2D eigenvalue weighted by Gasteiger charge is -2.18. The second kappa shape index (κ2) is 7.25. The Labute approximate surface area is 154 Å². The highest BCUT2D eigenvalue weighted by Crippen LogP contribution is 2.25. The topological polar surface area (TPSA) is 71.0 Å². The van der Waals surface area contributed by atoms with Gasteiger partial charge in [-0.3, -0.25) is 19.4 Å². The predicted octanol–water partition coefficient (Wildman–Crippen LogP) is 2.71. The Morgan fingerprint density at radius 1 is 1.35 bits per heavy atom. The minimum absolute atomic E-state index is 0.115. The van der Waals surface area contributed by atoms with Crippen LogP contribution in [0.25, 0.3) is 11.0 Å². The van der Waals surface area contributed by atoms with Gasteiger partial charge in [0.1, 0.15) is 0 Å². The van der Waals surface area contributed by atoms with Gasteiger partial charge in [-0.1, -0.05) is 13.8 Å². The van der Waals surface area contributed by atoms with E-state index in [-0.39, 0.29) is 11.5 Å². The molecule has 1 N–H and O–H groups in total. The second-order valence-corrected chi connectivity index (χ2v) is 8.12. The Balaban J connectivity index is 1.71. The van der Waals surface area contributed by atoms with E-state index in [0.717, 1.165) is 36.3 Å². The lowest BCUT2D eigenvalue weighted by Crippen LogP contribution is -2.29. The van der Waals surface area contributed by atoms with Crippen LogP contribution in [0, 0.1) is 25.7 Å². The highest BCUT2D eigenvalue weighted by molar-refractivity contribution is 5.81. The summed E-state index contributed by atoms with van der Waals surface area (Å²) < 4.78 is 1.66. The quantitative estimate of drug-likeness (QED) is 0.893. The van der Waals surface area contributed by atoms with Gasteiger partial charge in [0.15, 0.2) is 5.65 Å². The summed E-state index contributed by atoms with van der Waals surface area (Å²) in [6.07, 6.45) is 3.43. The average molecular weight is 358 g/mol.